The molecule has 22 heteroatoms. The summed E-state index contributed by atoms with van der Waals surface area (Å²) in [4.78, 5) is 3.63. The zero-order chi connectivity index (χ0) is 36.8. The van der Waals surface area contributed by atoms with Crippen LogP contribution in [-0.2, 0) is 118 Å². The van der Waals surface area contributed by atoms with E-state index in [2.05, 4.69) is 35.5 Å². The predicted octanol–water partition coefficient (Wildman–Crippen LogP) is 4.35. The van der Waals surface area contributed by atoms with Crippen LogP contribution in [0, 0.1) is 24.7 Å². The van der Waals surface area contributed by atoms with E-state index in [9.17, 15) is 43.2 Å². The molecule has 12 nitrogen and oxygen atoms in total. The van der Waals surface area contributed by atoms with Crippen LogP contribution in [0.2, 0.25) is 0 Å². The largest absolute Gasteiger partial charge is 0.694 e. The zero-order valence-corrected chi connectivity index (χ0v) is 35.4. The second kappa shape index (κ2) is 23.3. The Labute approximate surface area is 334 Å². The number of fused-ring (bicyclic) bond motifs is 2. The van der Waals surface area contributed by atoms with Crippen LogP contribution in [0.4, 0.5) is 26.3 Å². The van der Waals surface area contributed by atoms with Crippen LogP contribution >= 0.6 is 0 Å². The summed E-state index contributed by atoms with van der Waals surface area (Å²) in [5, 5.41) is 9.69. The molecule has 2 radical (unpaired) electrons. The quantitative estimate of drug-likeness (QED) is 0.152. The minimum atomic E-state index is -5.76. The van der Waals surface area contributed by atoms with Gasteiger partial charge in [0.15, 0.2) is 0 Å². The van der Waals surface area contributed by atoms with Crippen molar-refractivity contribution in [1.29, 1.82) is 0 Å². The third-order valence-corrected chi connectivity index (χ3v) is 7.61. The Morgan fingerprint density at radius 2 is 1.22 bits per heavy atom. The molecule has 4 heterocycles. The first-order valence-corrected chi connectivity index (χ1v) is 16.9. The van der Waals surface area contributed by atoms with Crippen LogP contribution < -0.4 is 8.37 Å². The van der Waals surface area contributed by atoms with Gasteiger partial charge in [-0.3, -0.25) is 9.78 Å². The van der Waals surface area contributed by atoms with Crippen LogP contribution in [-0.4, -0.2) is 84.8 Å². The molecule has 0 unspecified atom stereocenters. The van der Waals surface area contributed by atoms with Crippen molar-refractivity contribution < 1.29 is 117 Å². The molecule has 0 saturated heterocycles. The van der Waals surface area contributed by atoms with Gasteiger partial charge in [0, 0.05) is 116 Å². The summed E-state index contributed by atoms with van der Waals surface area (Å²) in [5.74, 6) is 3.12. The Bertz CT molecular complexity index is 1580. The number of nitrogens with zero attached hydrogens (tertiary/aromatic N) is 5. The maximum Gasteiger partial charge on any atom is 0.534 e. The normalized spacial score (nSPS) is 14.1. The molecule has 0 fully saturated rings. The van der Waals surface area contributed by atoms with Gasteiger partial charge < -0.3 is 42.9 Å². The smallest absolute Gasteiger partial charge is 0.534 e. The molecule has 1 N–H and O–H groups in total. The SMILES string of the molecule is CC.CC.CN1CCc2[nH]nc(OS(=O)(=O)C(F)(F)F)c2C1.[C-]#CCC.[C-]#CCn1nc(OS(=O)(=O)C(F)(F)F)c2c1CCN(C)C2.[Y].[Y]. The molecule has 2 aromatic rings. The van der Waals surface area contributed by atoms with Gasteiger partial charge in [-0.15, -0.1) is 10.2 Å². The Morgan fingerprint density at radius 3 is 1.65 bits per heavy atom. The van der Waals surface area contributed by atoms with Gasteiger partial charge in [0.1, 0.15) is 0 Å². The number of likely N-dealkylation sites (N-methyl/N-ethyl adjacent to an activating group) is 2. The monoisotopic (exact) mass is 898 g/mol. The van der Waals surface area contributed by atoms with Crippen molar-refractivity contribution in [3.63, 3.8) is 0 Å². The molecule has 0 atom stereocenters. The van der Waals surface area contributed by atoms with Crippen molar-refractivity contribution in [1.82, 2.24) is 29.8 Å². The number of aromatic amines is 1. The van der Waals surface area contributed by atoms with E-state index in [0.29, 0.717) is 42.9 Å². The molecule has 4 rings (SSSR count). The van der Waals surface area contributed by atoms with Crippen LogP contribution in [0.5, 0.6) is 11.8 Å². The van der Waals surface area contributed by atoms with Crippen LogP contribution in [0.15, 0.2) is 0 Å². The van der Waals surface area contributed by atoms with Crippen molar-refractivity contribution in [2.75, 3.05) is 27.2 Å². The van der Waals surface area contributed by atoms with E-state index in [1.807, 2.05) is 39.5 Å². The number of halogens is 6. The predicted molar refractivity (Wildman–Crippen MR) is 159 cm³/mol. The summed E-state index contributed by atoms with van der Waals surface area (Å²) >= 11 is 0. The molecule has 0 aromatic carbocycles. The van der Waals surface area contributed by atoms with Crippen LogP contribution in [0.1, 0.15) is 63.6 Å². The number of alkyl halides is 6. The molecule has 0 saturated carbocycles. The van der Waals surface area contributed by atoms with Gasteiger partial charge in [-0.05, 0) is 20.5 Å². The maximum atomic E-state index is 12.4. The third kappa shape index (κ3) is 15.5. The van der Waals surface area contributed by atoms with E-state index in [1.165, 1.54) is 4.68 Å². The number of nitrogens with one attached hydrogen (secondary N) is 1. The molecule has 0 spiro atoms. The molecule has 0 aliphatic carbocycles. The number of rotatable bonds is 5. The van der Waals surface area contributed by atoms with Gasteiger partial charge in [0.2, 0.25) is 0 Å². The molecular formula is C27H38F6N6O6S2Y2-2. The Kier molecular flexibility index (Phi) is 24.8. The summed E-state index contributed by atoms with van der Waals surface area (Å²) < 4.78 is 127. The zero-order valence-electron chi connectivity index (χ0n) is 28.1. The Hall–Kier alpha value is -1.25. The molecule has 49 heavy (non-hydrogen) atoms. The molecule has 2 aliphatic heterocycles. The number of hydrogen-bond acceptors (Lipinski definition) is 10. The summed E-state index contributed by atoms with van der Waals surface area (Å²) in [6.45, 7) is 11.7. The molecule has 0 bridgehead atoms. The Morgan fingerprint density at radius 1 is 0.796 bits per heavy atom. The fraction of sp³-hybridized carbons (Fsp3) is 0.630. The van der Waals surface area contributed by atoms with Crippen LogP contribution in [0.25, 0.3) is 0 Å². The maximum absolute atomic E-state index is 12.4. The number of hydrogen-bond donors (Lipinski definition) is 1. The minimum absolute atomic E-state index is 0. The summed E-state index contributed by atoms with van der Waals surface area (Å²) in [7, 11) is -7.93. The minimum Gasteiger partial charge on any atom is -0.694 e. The molecule has 2 aromatic heterocycles. The first-order valence-electron chi connectivity index (χ1n) is 14.1. The summed E-state index contributed by atoms with van der Waals surface area (Å²) in [6.07, 6.45) is 14.9. The van der Waals surface area contributed by atoms with Crippen molar-refractivity contribution in [3.05, 3.63) is 35.4 Å². The van der Waals surface area contributed by atoms with Gasteiger partial charge in [-0.2, -0.15) is 43.2 Å². The fourth-order valence-corrected chi connectivity index (χ4v) is 4.52. The summed E-state index contributed by atoms with van der Waals surface area (Å²) in [6, 6.07) is 0. The van der Waals surface area contributed by atoms with Crippen molar-refractivity contribution >= 4 is 20.2 Å². The topological polar surface area (TPSA) is 140 Å². The molecule has 274 valence electrons. The van der Waals surface area contributed by atoms with Gasteiger partial charge in [-0.25, -0.2) is 0 Å². The third-order valence-electron chi connectivity index (χ3n) is 5.72. The number of H-pyrrole nitrogens is 1. The average molecular weight is 899 g/mol. The van der Waals surface area contributed by atoms with Crippen molar-refractivity contribution in [2.45, 2.75) is 84.5 Å². The van der Waals surface area contributed by atoms with E-state index in [4.69, 9.17) is 12.8 Å². The molecule has 0 amide bonds. The van der Waals surface area contributed by atoms with Crippen molar-refractivity contribution in [2.24, 2.45) is 0 Å². The van der Waals surface area contributed by atoms with Crippen LogP contribution in [0.3, 0.4) is 0 Å². The van der Waals surface area contributed by atoms with Gasteiger partial charge in [0.05, 0.1) is 17.7 Å². The van der Waals surface area contributed by atoms with Gasteiger partial charge in [-0.1, -0.05) is 34.6 Å². The second-order valence-electron chi connectivity index (χ2n) is 9.02. The average Bonchev–Trinajstić information content (AvgIpc) is 3.54. The second-order valence-corrected chi connectivity index (χ2v) is 12.1. The first-order chi connectivity index (χ1) is 21.8. The van der Waals surface area contributed by atoms with Gasteiger partial charge in [0.25, 0.3) is 11.8 Å². The number of aromatic nitrogens is 4. The summed E-state index contributed by atoms with van der Waals surface area (Å²) in [5.41, 5.74) is -9.19. The van der Waals surface area contributed by atoms with E-state index < -0.39 is 43.0 Å². The molecular weight excluding hydrogens is 860 g/mol. The van der Waals surface area contributed by atoms with E-state index in [-0.39, 0.29) is 90.6 Å². The van der Waals surface area contributed by atoms with E-state index >= 15 is 0 Å². The van der Waals surface area contributed by atoms with Gasteiger partial charge >= 0.3 is 31.3 Å². The van der Waals surface area contributed by atoms with E-state index in [0.717, 1.165) is 6.42 Å². The first kappa shape index (κ1) is 52.1. The fourth-order valence-electron chi connectivity index (χ4n) is 3.64. The van der Waals surface area contributed by atoms with Crippen molar-refractivity contribution in [3.8, 4) is 23.6 Å². The van der Waals surface area contributed by atoms with E-state index in [1.54, 1.807) is 19.0 Å². The standard InChI is InChI=1S/C11H11F3N3O3S.C8H10F3N3O3S.C4H5.2C2H6.2Y/c1-3-5-17-9-4-6-16(2)7-8(9)10(15-17)20-21(18,19)11(12,13)14;1-14-3-2-6-5(4-14)7(13-12-6)17-18(15,16)8(9,10)11;1-3-4-2;2*1-2;;/h4-7H2,2H3;2-4H2,1H3,(H,12,13);3H2,1H3;2*1-2H3;;/q-1;;-1;;;;. The molecule has 2 aliphatic rings. The Balaban J connectivity index is -0.000000694.